The summed E-state index contributed by atoms with van der Waals surface area (Å²) in [5.41, 5.74) is 1.97. The van der Waals surface area contributed by atoms with Crippen LogP contribution in [0.1, 0.15) is 16.8 Å². The van der Waals surface area contributed by atoms with Crippen molar-refractivity contribution < 1.29 is 9.90 Å². The van der Waals surface area contributed by atoms with Gasteiger partial charge in [-0.15, -0.1) is 0 Å². The molecular formula is C14H14ClN3O2. The second-order valence-corrected chi connectivity index (χ2v) is 5.30. The molecule has 1 aliphatic heterocycles. The summed E-state index contributed by atoms with van der Waals surface area (Å²) in [6.45, 7) is 0.944. The lowest BCUT2D eigenvalue weighted by atomic mass is 10.1. The Morgan fingerprint density at radius 2 is 2.35 bits per heavy atom. The van der Waals surface area contributed by atoms with Gasteiger partial charge in [0.05, 0.1) is 23.6 Å². The lowest BCUT2D eigenvalue weighted by Gasteiger charge is -2.15. The van der Waals surface area contributed by atoms with E-state index in [-0.39, 0.29) is 5.91 Å². The molecule has 1 atom stereocenters. The third-order valence-corrected chi connectivity index (χ3v) is 3.67. The summed E-state index contributed by atoms with van der Waals surface area (Å²) in [6, 6.07) is 7.26. The van der Waals surface area contributed by atoms with Crippen LogP contribution in [0, 0.1) is 0 Å². The molecule has 0 bridgehead atoms. The van der Waals surface area contributed by atoms with Gasteiger partial charge in [0.2, 0.25) is 0 Å². The van der Waals surface area contributed by atoms with E-state index in [1.807, 2.05) is 12.1 Å². The van der Waals surface area contributed by atoms with Gasteiger partial charge in [0.1, 0.15) is 0 Å². The van der Waals surface area contributed by atoms with Crippen molar-refractivity contribution in [2.24, 2.45) is 0 Å². The molecule has 0 radical (unpaired) electrons. The average molecular weight is 292 g/mol. The molecule has 0 aliphatic carbocycles. The highest BCUT2D eigenvalue weighted by molar-refractivity contribution is 6.30. The Morgan fingerprint density at radius 3 is 3.05 bits per heavy atom. The first-order valence-corrected chi connectivity index (χ1v) is 6.79. The Labute approximate surface area is 121 Å². The highest BCUT2D eigenvalue weighted by Crippen LogP contribution is 2.25. The Morgan fingerprint density at radius 1 is 1.50 bits per heavy atom. The maximum absolute atomic E-state index is 12.5. The van der Waals surface area contributed by atoms with E-state index in [0.29, 0.717) is 35.8 Å². The number of nitrogens with one attached hydrogen (secondary N) is 1. The molecule has 0 spiro atoms. The fraction of sp³-hybridized carbons (Fsp3) is 0.286. The van der Waals surface area contributed by atoms with Crippen LogP contribution in [0.3, 0.4) is 0 Å². The molecule has 1 aromatic carbocycles. The number of amides is 1. The first-order valence-electron chi connectivity index (χ1n) is 6.42. The molecular weight excluding hydrogens is 278 g/mol. The second-order valence-electron chi connectivity index (χ2n) is 4.86. The van der Waals surface area contributed by atoms with Crippen molar-refractivity contribution in [1.29, 1.82) is 0 Å². The van der Waals surface area contributed by atoms with Crippen LogP contribution in [0.15, 0.2) is 30.5 Å². The average Bonchev–Trinajstić information content (AvgIpc) is 3.06. The fourth-order valence-electron chi connectivity index (χ4n) is 2.41. The summed E-state index contributed by atoms with van der Waals surface area (Å²) in [5, 5.41) is 16.9. The van der Waals surface area contributed by atoms with Gasteiger partial charge in [-0.05, 0) is 18.6 Å². The number of aromatic amines is 1. The number of benzene rings is 1. The SMILES string of the molecule is O=C(c1cn[nH]c1-c1cccc(Cl)c1)N1CC[C@@H](O)C1. The van der Waals surface area contributed by atoms with E-state index in [2.05, 4.69) is 10.2 Å². The number of β-amino-alcohol motifs (C(OH)–C–C–N with tert-alkyl or cyclic N) is 1. The van der Waals surface area contributed by atoms with Crippen LogP contribution >= 0.6 is 11.6 Å². The summed E-state index contributed by atoms with van der Waals surface area (Å²) >= 11 is 5.98. The van der Waals surface area contributed by atoms with Gasteiger partial charge in [-0.25, -0.2) is 0 Å². The third-order valence-electron chi connectivity index (χ3n) is 3.43. The van der Waals surface area contributed by atoms with Crippen molar-refractivity contribution in [2.75, 3.05) is 13.1 Å². The number of H-pyrrole nitrogens is 1. The number of likely N-dealkylation sites (tertiary alicyclic amines) is 1. The van der Waals surface area contributed by atoms with Crippen LogP contribution < -0.4 is 0 Å². The molecule has 1 aliphatic rings. The predicted molar refractivity (Wildman–Crippen MR) is 75.6 cm³/mol. The zero-order valence-electron chi connectivity index (χ0n) is 10.7. The van der Waals surface area contributed by atoms with Crippen molar-refractivity contribution in [1.82, 2.24) is 15.1 Å². The van der Waals surface area contributed by atoms with Crippen molar-refractivity contribution in [3.63, 3.8) is 0 Å². The molecule has 1 fully saturated rings. The normalized spacial score (nSPS) is 18.5. The van der Waals surface area contributed by atoms with Crippen molar-refractivity contribution in [3.8, 4) is 11.3 Å². The van der Waals surface area contributed by atoms with E-state index < -0.39 is 6.10 Å². The molecule has 1 amide bonds. The summed E-state index contributed by atoms with van der Waals surface area (Å²) in [4.78, 5) is 14.1. The molecule has 6 heteroatoms. The fourth-order valence-corrected chi connectivity index (χ4v) is 2.60. The van der Waals surface area contributed by atoms with E-state index in [1.54, 1.807) is 17.0 Å². The molecule has 1 aromatic heterocycles. The molecule has 2 N–H and O–H groups in total. The maximum atomic E-state index is 12.5. The molecule has 2 heterocycles. The number of nitrogens with zero attached hydrogens (tertiary/aromatic N) is 2. The first kappa shape index (κ1) is 13.1. The van der Waals surface area contributed by atoms with Gasteiger partial charge in [-0.2, -0.15) is 5.10 Å². The number of halogens is 1. The largest absolute Gasteiger partial charge is 0.391 e. The van der Waals surface area contributed by atoms with Crippen LogP contribution in [-0.2, 0) is 0 Å². The Bertz CT molecular complexity index is 641. The van der Waals surface area contributed by atoms with Crippen molar-refractivity contribution >= 4 is 17.5 Å². The number of aliphatic hydroxyl groups excluding tert-OH is 1. The zero-order chi connectivity index (χ0) is 14.1. The Hall–Kier alpha value is -1.85. The van der Waals surface area contributed by atoms with E-state index in [4.69, 9.17) is 11.6 Å². The van der Waals surface area contributed by atoms with Gasteiger partial charge in [-0.3, -0.25) is 9.89 Å². The first-order chi connectivity index (χ1) is 9.65. The monoisotopic (exact) mass is 291 g/mol. The van der Waals surface area contributed by atoms with Gasteiger partial charge >= 0.3 is 0 Å². The summed E-state index contributed by atoms with van der Waals surface area (Å²) in [6.07, 6.45) is 1.71. The lowest BCUT2D eigenvalue weighted by Crippen LogP contribution is -2.29. The predicted octanol–water partition coefficient (Wildman–Crippen LogP) is 1.94. The number of aromatic nitrogens is 2. The molecule has 3 rings (SSSR count). The molecule has 2 aromatic rings. The van der Waals surface area contributed by atoms with Gasteiger partial charge in [0.15, 0.2) is 0 Å². The van der Waals surface area contributed by atoms with Gasteiger partial charge in [0, 0.05) is 23.7 Å². The highest BCUT2D eigenvalue weighted by atomic mass is 35.5. The molecule has 1 saturated heterocycles. The number of rotatable bonds is 2. The number of hydrogen-bond acceptors (Lipinski definition) is 3. The van der Waals surface area contributed by atoms with Crippen LogP contribution in [-0.4, -0.2) is 45.3 Å². The van der Waals surface area contributed by atoms with Gasteiger partial charge < -0.3 is 10.0 Å². The number of hydrogen-bond donors (Lipinski definition) is 2. The third kappa shape index (κ3) is 2.42. The van der Waals surface area contributed by atoms with Gasteiger partial charge in [-0.1, -0.05) is 23.7 Å². The molecule has 104 valence electrons. The van der Waals surface area contributed by atoms with Crippen molar-refractivity contribution in [2.45, 2.75) is 12.5 Å². The minimum absolute atomic E-state index is 0.120. The maximum Gasteiger partial charge on any atom is 0.257 e. The highest BCUT2D eigenvalue weighted by Gasteiger charge is 2.27. The van der Waals surface area contributed by atoms with E-state index in [1.165, 1.54) is 6.20 Å². The minimum Gasteiger partial charge on any atom is -0.391 e. The van der Waals surface area contributed by atoms with Crippen LogP contribution in [0.2, 0.25) is 5.02 Å². The Kier molecular flexibility index (Phi) is 3.46. The van der Waals surface area contributed by atoms with Crippen LogP contribution in [0.4, 0.5) is 0 Å². The summed E-state index contributed by atoms with van der Waals surface area (Å²) in [5.74, 6) is -0.120. The second kappa shape index (κ2) is 5.26. The Balaban J connectivity index is 1.92. The number of carbonyl (C=O) groups excluding carboxylic acids is 1. The standard InChI is InChI=1S/C14H14ClN3O2/c15-10-3-1-2-9(6-10)13-12(7-16-17-13)14(20)18-5-4-11(19)8-18/h1-3,6-7,11,19H,4-5,8H2,(H,16,17)/t11-/m1/s1. The smallest absolute Gasteiger partial charge is 0.257 e. The molecule has 0 saturated carbocycles. The van der Waals surface area contributed by atoms with Crippen LogP contribution in [0.5, 0.6) is 0 Å². The quantitative estimate of drug-likeness (QED) is 0.888. The number of aliphatic hydroxyl groups is 1. The van der Waals surface area contributed by atoms with Crippen molar-refractivity contribution in [3.05, 3.63) is 41.0 Å². The van der Waals surface area contributed by atoms with E-state index in [9.17, 15) is 9.90 Å². The van der Waals surface area contributed by atoms with Crippen LogP contribution in [0.25, 0.3) is 11.3 Å². The van der Waals surface area contributed by atoms with E-state index in [0.717, 1.165) is 5.56 Å². The van der Waals surface area contributed by atoms with E-state index >= 15 is 0 Å². The summed E-state index contributed by atoms with van der Waals surface area (Å²) < 4.78 is 0. The molecule has 0 unspecified atom stereocenters. The van der Waals surface area contributed by atoms with Gasteiger partial charge in [0.25, 0.3) is 5.91 Å². The zero-order valence-corrected chi connectivity index (χ0v) is 11.5. The summed E-state index contributed by atoms with van der Waals surface area (Å²) in [7, 11) is 0. The lowest BCUT2D eigenvalue weighted by molar-refractivity contribution is 0.0766. The molecule has 5 nitrogen and oxygen atoms in total. The molecule has 20 heavy (non-hydrogen) atoms. The number of carbonyl (C=O) groups is 1. The topological polar surface area (TPSA) is 69.2 Å². The minimum atomic E-state index is -0.430.